The van der Waals surface area contributed by atoms with Crippen LogP contribution in [0.1, 0.15) is 29.0 Å². The van der Waals surface area contributed by atoms with E-state index in [1.807, 2.05) is 66.2 Å². The molecule has 0 radical (unpaired) electrons. The Morgan fingerprint density at radius 2 is 2.04 bits per heavy atom. The Bertz CT molecular complexity index is 1140. The van der Waals surface area contributed by atoms with Gasteiger partial charge in [-0.15, -0.1) is 0 Å². The molecule has 1 aliphatic rings. The number of hydrogen-bond acceptors (Lipinski definition) is 4. The molecule has 1 aliphatic carbocycles. The third kappa shape index (κ3) is 2.89. The third-order valence-corrected chi connectivity index (χ3v) is 4.80. The van der Waals surface area contributed by atoms with Gasteiger partial charge in [-0.2, -0.15) is 0 Å². The maximum absolute atomic E-state index is 12.3. The summed E-state index contributed by atoms with van der Waals surface area (Å²) in [6, 6.07) is 13.9. The van der Waals surface area contributed by atoms with Gasteiger partial charge in [-0.3, -0.25) is 4.79 Å². The second kappa shape index (κ2) is 6.09. The van der Waals surface area contributed by atoms with E-state index in [1.54, 1.807) is 0 Å². The molecular formula is C21H18N4O2. The van der Waals surface area contributed by atoms with Crippen molar-refractivity contribution >= 4 is 11.6 Å². The molecule has 4 aromatic rings. The van der Waals surface area contributed by atoms with Crippen LogP contribution in [0.3, 0.4) is 0 Å². The fourth-order valence-corrected chi connectivity index (χ4v) is 3.21. The van der Waals surface area contributed by atoms with Gasteiger partial charge in [-0.1, -0.05) is 35.5 Å². The number of imidazole rings is 1. The van der Waals surface area contributed by atoms with Gasteiger partial charge in [0.05, 0.1) is 11.3 Å². The number of rotatable bonds is 4. The number of pyridine rings is 1. The van der Waals surface area contributed by atoms with E-state index in [0.29, 0.717) is 23.0 Å². The van der Waals surface area contributed by atoms with Crippen molar-refractivity contribution < 1.29 is 9.32 Å². The number of benzene rings is 1. The van der Waals surface area contributed by atoms with Crippen molar-refractivity contribution in [3.8, 4) is 22.5 Å². The first-order chi connectivity index (χ1) is 13.2. The Morgan fingerprint density at radius 1 is 1.22 bits per heavy atom. The van der Waals surface area contributed by atoms with Gasteiger partial charge in [-0.05, 0) is 31.9 Å². The fraction of sp³-hybridized carbons (Fsp3) is 0.190. The lowest BCUT2D eigenvalue weighted by molar-refractivity contribution is 0.0951. The summed E-state index contributed by atoms with van der Waals surface area (Å²) in [6.45, 7) is 1.88. The summed E-state index contributed by atoms with van der Waals surface area (Å²) in [5, 5.41) is 7.24. The number of carbonyl (C=O) groups is 1. The average molecular weight is 358 g/mol. The first-order valence-electron chi connectivity index (χ1n) is 9.01. The monoisotopic (exact) mass is 358 g/mol. The zero-order chi connectivity index (χ0) is 18.4. The molecule has 0 spiro atoms. The van der Waals surface area contributed by atoms with Crippen LogP contribution in [0, 0.1) is 6.92 Å². The van der Waals surface area contributed by atoms with E-state index in [0.717, 1.165) is 35.4 Å². The molecule has 1 N–H and O–H groups in total. The zero-order valence-corrected chi connectivity index (χ0v) is 14.8. The lowest BCUT2D eigenvalue weighted by Crippen LogP contribution is -2.25. The summed E-state index contributed by atoms with van der Waals surface area (Å²) in [4.78, 5) is 17.0. The number of nitrogens with zero attached hydrogens (tertiary/aromatic N) is 3. The minimum absolute atomic E-state index is 0.0457. The molecule has 6 nitrogen and oxygen atoms in total. The first-order valence-corrected chi connectivity index (χ1v) is 9.01. The van der Waals surface area contributed by atoms with Crippen LogP contribution in [-0.2, 0) is 0 Å². The Balaban J connectivity index is 1.56. The molecule has 1 aromatic carbocycles. The fourth-order valence-electron chi connectivity index (χ4n) is 3.21. The predicted octanol–water partition coefficient (Wildman–Crippen LogP) is 3.86. The topological polar surface area (TPSA) is 72.4 Å². The van der Waals surface area contributed by atoms with Crippen LogP contribution in [0.15, 0.2) is 59.4 Å². The Hall–Kier alpha value is -3.41. The summed E-state index contributed by atoms with van der Waals surface area (Å²) in [5.41, 5.74) is 4.72. The molecule has 1 saturated carbocycles. The highest BCUT2D eigenvalue weighted by atomic mass is 16.5. The Kier molecular flexibility index (Phi) is 3.57. The van der Waals surface area contributed by atoms with Crippen molar-refractivity contribution in [3.63, 3.8) is 0 Å². The molecule has 5 rings (SSSR count). The van der Waals surface area contributed by atoms with Gasteiger partial charge in [-0.25, -0.2) is 4.98 Å². The van der Waals surface area contributed by atoms with Crippen molar-refractivity contribution in [2.24, 2.45) is 0 Å². The highest BCUT2D eigenvalue weighted by Crippen LogP contribution is 2.33. The van der Waals surface area contributed by atoms with Gasteiger partial charge in [0, 0.05) is 29.6 Å². The molecule has 0 unspecified atom stereocenters. The van der Waals surface area contributed by atoms with Gasteiger partial charge >= 0.3 is 0 Å². The van der Waals surface area contributed by atoms with Gasteiger partial charge in [0.25, 0.3) is 5.91 Å². The van der Waals surface area contributed by atoms with Crippen molar-refractivity contribution in [1.29, 1.82) is 0 Å². The summed E-state index contributed by atoms with van der Waals surface area (Å²) in [5.74, 6) is 0.666. The van der Waals surface area contributed by atoms with Gasteiger partial charge < -0.3 is 14.2 Å². The smallest absolute Gasteiger partial charge is 0.251 e. The molecular weight excluding hydrogens is 340 g/mol. The molecule has 3 heterocycles. The quantitative estimate of drug-likeness (QED) is 0.601. The van der Waals surface area contributed by atoms with Crippen molar-refractivity contribution in [1.82, 2.24) is 19.9 Å². The second-order valence-electron chi connectivity index (χ2n) is 6.88. The number of aromatic nitrogens is 3. The normalized spacial score (nSPS) is 13.8. The van der Waals surface area contributed by atoms with Crippen molar-refractivity contribution in [3.05, 3.63) is 66.2 Å². The van der Waals surface area contributed by atoms with Crippen LogP contribution in [0.4, 0.5) is 0 Å². The Labute approximate surface area is 155 Å². The van der Waals surface area contributed by atoms with E-state index in [9.17, 15) is 4.79 Å². The van der Waals surface area contributed by atoms with Crippen molar-refractivity contribution in [2.45, 2.75) is 25.8 Å². The van der Waals surface area contributed by atoms with E-state index in [-0.39, 0.29) is 5.91 Å². The molecule has 3 aromatic heterocycles. The molecule has 0 bridgehead atoms. The molecule has 1 fully saturated rings. The van der Waals surface area contributed by atoms with Gasteiger partial charge in [0.2, 0.25) is 0 Å². The lowest BCUT2D eigenvalue weighted by Gasteiger charge is -2.03. The van der Waals surface area contributed by atoms with Gasteiger partial charge in [0.15, 0.2) is 0 Å². The largest absolute Gasteiger partial charge is 0.360 e. The van der Waals surface area contributed by atoms with E-state index < -0.39 is 0 Å². The van der Waals surface area contributed by atoms with E-state index in [2.05, 4.69) is 10.5 Å². The van der Waals surface area contributed by atoms with Crippen LogP contribution in [0.2, 0.25) is 0 Å². The summed E-state index contributed by atoms with van der Waals surface area (Å²) in [7, 11) is 0. The zero-order valence-electron chi connectivity index (χ0n) is 14.8. The van der Waals surface area contributed by atoms with Crippen LogP contribution >= 0.6 is 0 Å². The van der Waals surface area contributed by atoms with Crippen LogP contribution < -0.4 is 5.32 Å². The number of aryl methyl sites for hydroxylation is 1. The third-order valence-electron chi connectivity index (χ3n) is 4.80. The molecule has 134 valence electrons. The van der Waals surface area contributed by atoms with Crippen LogP contribution in [0.25, 0.3) is 28.2 Å². The number of nitrogens with one attached hydrogen (secondary N) is 1. The van der Waals surface area contributed by atoms with Crippen LogP contribution in [-0.4, -0.2) is 26.5 Å². The molecule has 27 heavy (non-hydrogen) atoms. The highest BCUT2D eigenvalue weighted by molar-refractivity contribution is 5.95. The number of fused-ring (bicyclic) bond motifs is 1. The minimum atomic E-state index is -0.0457. The average Bonchev–Trinajstić information content (AvgIpc) is 3.26. The molecule has 1 amide bonds. The lowest BCUT2D eigenvalue weighted by atomic mass is 10.0. The number of carbonyl (C=O) groups excluding carboxylic acids is 1. The second-order valence-corrected chi connectivity index (χ2v) is 6.88. The summed E-state index contributed by atoms with van der Waals surface area (Å²) in [6.07, 6.45) is 5.93. The first kappa shape index (κ1) is 15.8. The van der Waals surface area contributed by atoms with Crippen molar-refractivity contribution in [2.75, 3.05) is 0 Å². The highest BCUT2D eigenvalue weighted by Gasteiger charge is 2.24. The maximum Gasteiger partial charge on any atom is 0.251 e. The predicted molar refractivity (Wildman–Crippen MR) is 101 cm³/mol. The minimum Gasteiger partial charge on any atom is -0.360 e. The SMILES string of the molecule is Cc1onc(-c2ccccc2)c1-c1cn2ccc(C(=O)NC3CC3)cc2n1. The van der Waals surface area contributed by atoms with E-state index in [1.165, 1.54) is 0 Å². The standard InChI is InChI=1S/C21H18N4O2/c1-13-19(20(24-27-13)14-5-3-2-4-6-14)17-12-25-10-9-15(11-18(25)23-17)21(26)22-16-7-8-16/h2-6,9-12,16H,7-8H2,1H3,(H,22,26). The summed E-state index contributed by atoms with van der Waals surface area (Å²) < 4.78 is 7.36. The number of amides is 1. The van der Waals surface area contributed by atoms with Gasteiger partial charge in [0.1, 0.15) is 17.1 Å². The summed E-state index contributed by atoms with van der Waals surface area (Å²) >= 11 is 0. The van der Waals surface area contributed by atoms with E-state index >= 15 is 0 Å². The molecule has 0 aliphatic heterocycles. The van der Waals surface area contributed by atoms with Crippen LogP contribution in [0.5, 0.6) is 0 Å². The van der Waals surface area contributed by atoms with E-state index in [4.69, 9.17) is 9.51 Å². The number of hydrogen-bond donors (Lipinski definition) is 1. The maximum atomic E-state index is 12.3. The molecule has 0 saturated heterocycles. The molecule has 0 atom stereocenters. The Morgan fingerprint density at radius 3 is 2.81 bits per heavy atom. The molecule has 6 heteroatoms.